The van der Waals surface area contributed by atoms with Crippen molar-refractivity contribution in [3.8, 4) is 6.07 Å². The summed E-state index contributed by atoms with van der Waals surface area (Å²) in [6.07, 6.45) is -2.47. The minimum Gasteiger partial charge on any atom is -0.330 e. The fraction of sp³-hybridized carbons (Fsp3) is 0.591. The van der Waals surface area contributed by atoms with Crippen molar-refractivity contribution in [2.45, 2.75) is 62.6 Å². The van der Waals surface area contributed by atoms with Gasteiger partial charge in [-0.2, -0.15) is 18.4 Å². The van der Waals surface area contributed by atoms with Gasteiger partial charge in [-0.15, -0.1) is 0 Å². The van der Waals surface area contributed by atoms with Crippen molar-refractivity contribution < 1.29 is 22.8 Å². The molecule has 4 rings (SSSR count). The number of amides is 2. The van der Waals surface area contributed by atoms with Crippen molar-refractivity contribution in [1.82, 2.24) is 14.7 Å². The maximum absolute atomic E-state index is 13.1. The fourth-order valence-corrected chi connectivity index (χ4v) is 5.24. The Hall–Kier alpha value is -2.64. The van der Waals surface area contributed by atoms with Crippen LogP contribution in [0.3, 0.4) is 0 Å². The molecular weight excluding hydrogens is 423 g/mol. The van der Waals surface area contributed by atoms with Crippen LogP contribution in [-0.2, 0) is 15.8 Å². The van der Waals surface area contributed by atoms with Gasteiger partial charge in [0.15, 0.2) is 0 Å². The van der Waals surface area contributed by atoms with Gasteiger partial charge in [-0.25, -0.2) is 0 Å². The molecule has 172 valence electrons. The van der Waals surface area contributed by atoms with Crippen LogP contribution in [0.2, 0.25) is 0 Å². The predicted molar refractivity (Wildman–Crippen MR) is 109 cm³/mol. The van der Waals surface area contributed by atoms with Crippen LogP contribution in [-0.4, -0.2) is 70.3 Å². The largest absolute Gasteiger partial charge is 0.416 e. The zero-order chi connectivity index (χ0) is 23.2. The van der Waals surface area contributed by atoms with Crippen LogP contribution >= 0.6 is 0 Å². The van der Waals surface area contributed by atoms with E-state index in [1.54, 1.807) is 17.9 Å². The van der Waals surface area contributed by atoms with E-state index in [9.17, 15) is 28.0 Å². The van der Waals surface area contributed by atoms with Gasteiger partial charge >= 0.3 is 6.18 Å². The zero-order valence-corrected chi connectivity index (χ0v) is 17.8. The van der Waals surface area contributed by atoms with Gasteiger partial charge in [0.25, 0.3) is 0 Å². The van der Waals surface area contributed by atoms with Gasteiger partial charge in [0, 0.05) is 25.7 Å². The summed E-state index contributed by atoms with van der Waals surface area (Å²) in [6.45, 7) is 2.98. The van der Waals surface area contributed by atoms with Gasteiger partial charge in [-0.05, 0) is 43.9 Å². The number of alkyl halides is 3. The molecule has 5 unspecified atom stereocenters. The number of halogens is 3. The number of fused-ring (bicyclic) bond motifs is 2. The number of benzene rings is 1. The summed E-state index contributed by atoms with van der Waals surface area (Å²) in [5, 5.41) is 9.20. The summed E-state index contributed by atoms with van der Waals surface area (Å²) in [6, 6.07) is 4.87. The molecule has 32 heavy (non-hydrogen) atoms. The SMILES string of the molecule is CC(c1cccc(C(F)(F)F)c1)N1C(=O)C2CC1CN2CC(N)C(=O)N1CCCC1C#N. The van der Waals surface area contributed by atoms with Crippen molar-refractivity contribution in [2.75, 3.05) is 19.6 Å². The molecule has 5 atom stereocenters. The van der Waals surface area contributed by atoms with E-state index in [-0.39, 0.29) is 24.4 Å². The molecule has 2 bridgehead atoms. The number of piperazine rings is 1. The van der Waals surface area contributed by atoms with Crippen LogP contribution in [0.5, 0.6) is 0 Å². The summed E-state index contributed by atoms with van der Waals surface area (Å²) in [5.74, 6) is -0.430. The Bertz CT molecular complexity index is 946. The lowest BCUT2D eigenvalue weighted by Crippen LogP contribution is -2.56. The first kappa shape index (κ1) is 22.6. The highest BCUT2D eigenvalue weighted by atomic mass is 19.4. The van der Waals surface area contributed by atoms with Crippen molar-refractivity contribution in [2.24, 2.45) is 5.73 Å². The number of hydrogen-bond donors (Lipinski definition) is 1. The van der Waals surface area contributed by atoms with Crippen LogP contribution < -0.4 is 5.73 Å². The maximum Gasteiger partial charge on any atom is 0.416 e. The Balaban J connectivity index is 1.41. The Kier molecular flexibility index (Phi) is 5.90. The van der Waals surface area contributed by atoms with Crippen molar-refractivity contribution in [3.05, 3.63) is 35.4 Å². The highest BCUT2D eigenvalue weighted by Gasteiger charge is 2.51. The summed E-state index contributed by atoms with van der Waals surface area (Å²) in [4.78, 5) is 30.8. The third kappa shape index (κ3) is 3.95. The molecule has 1 aromatic carbocycles. The van der Waals surface area contributed by atoms with E-state index >= 15 is 0 Å². The summed E-state index contributed by atoms with van der Waals surface area (Å²) in [7, 11) is 0. The lowest BCUT2D eigenvalue weighted by molar-refractivity contribution is -0.141. The van der Waals surface area contributed by atoms with Gasteiger partial charge in [-0.3, -0.25) is 14.5 Å². The van der Waals surface area contributed by atoms with Crippen molar-refractivity contribution in [3.63, 3.8) is 0 Å². The van der Waals surface area contributed by atoms with E-state index in [0.29, 0.717) is 31.5 Å². The average molecular weight is 449 g/mol. The molecule has 2 amide bonds. The van der Waals surface area contributed by atoms with Gasteiger partial charge in [-0.1, -0.05) is 12.1 Å². The first-order valence-electron chi connectivity index (χ1n) is 10.8. The van der Waals surface area contributed by atoms with Gasteiger partial charge in [0.1, 0.15) is 6.04 Å². The van der Waals surface area contributed by atoms with E-state index in [0.717, 1.165) is 18.6 Å². The monoisotopic (exact) mass is 449 g/mol. The quantitative estimate of drug-likeness (QED) is 0.741. The molecule has 0 radical (unpaired) electrons. The maximum atomic E-state index is 13.1. The molecule has 2 N–H and O–H groups in total. The molecule has 3 fully saturated rings. The second kappa shape index (κ2) is 8.37. The minimum absolute atomic E-state index is 0.141. The van der Waals surface area contributed by atoms with Crippen LogP contribution in [0.4, 0.5) is 13.2 Å². The standard InChI is InChI=1S/C22H26F3N5O2/c1-13(14-4-2-5-15(8-14)22(23,24)25)30-17-9-19(21(30)32)28(11-17)12-18(27)20(31)29-7-3-6-16(29)10-26/h2,4-5,8,13,16-19H,3,6-7,9,11-12,27H2,1H3. The number of carbonyl (C=O) groups excluding carboxylic acids is 2. The first-order valence-corrected chi connectivity index (χ1v) is 10.8. The molecule has 0 spiro atoms. The van der Waals surface area contributed by atoms with Crippen molar-refractivity contribution in [1.29, 1.82) is 5.26 Å². The molecule has 10 heteroatoms. The Morgan fingerprint density at radius 1 is 1.38 bits per heavy atom. The average Bonchev–Trinajstić information content (AvgIpc) is 3.46. The molecule has 3 heterocycles. The number of rotatable bonds is 5. The lowest BCUT2D eigenvalue weighted by atomic mass is 10.0. The van der Waals surface area contributed by atoms with E-state index in [1.807, 2.05) is 4.90 Å². The van der Waals surface area contributed by atoms with Gasteiger partial charge in [0.05, 0.1) is 29.8 Å². The van der Waals surface area contributed by atoms with Crippen LogP contribution in [0.15, 0.2) is 24.3 Å². The Morgan fingerprint density at radius 2 is 2.12 bits per heavy atom. The number of nitrogens with two attached hydrogens (primary N) is 1. The topological polar surface area (TPSA) is 93.7 Å². The van der Waals surface area contributed by atoms with Crippen LogP contribution in [0.1, 0.15) is 43.4 Å². The van der Waals surface area contributed by atoms with E-state index in [2.05, 4.69) is 6.07 Å². The predicted octanol–water partition coefficient (Wildman–Crippen LogP) is 1.89. The molecular formula is C22H26F3N5O2. The van der Waals surface area contributed by atoms with E-state index < -0.39 is 35.9 Å². The zero-order valence-electron chi connectivity index (χ0n) is 17.8. The number of hydrogen-bond acceptors (Lipinski definition) is 5. The normalized spacial score (nSPS) is 27.6. The number of nitriles is 1. The van der Waals surface area contributed by atoms with Gasteiger partial charge in [0.2, 0.25) is 11.8 Å². The third-order valence-corrected chi connectivity index (χ3v) is 6.86. The molecule has 0 aromatic heterocycles. The summed E-state index contributed by atoms with van der Waals surface area (Å²) < 4.78 is 39.3. The molecule has 3 aliphatic rings. The molecule has 0 aliphatic carbocycles. The lowest BCUT2D eigenvalue weighted by Gasteiger charge is -2.38. The Labute approximate surface area is 184 Å². The van der Waals surface area contributed by atoms with Crippen LogP contribution in [0, 0.1) is 11.3 Å². The number of carbonyl (C=O) groups is 2. The molecule has 3 saturated heterocycles. The Morgan fingerprint density at radius 3 is 2.78 bits per heavy atom. The third-order valence-electron chi connectivity index (χ3n) is 6.86. The minimum atomic E-state index is -4.44. The van der Waals surface area contributed by atoms with Crippen molar-refractivity contribution >= 4 is 11.8 Å². The second-order valence-electron chi connectivity index (χ2n) is 8.83. The fourth-order valence-electron chi connectivity index (χ4n) is 5.24. The highest BCUT2D eigenvalue weighted by molar-refractivity contribution is 5.87. The van der Waals surface area contributed by atoms with E-state index in [1.165, 1.54) is 11.0 Å². The van der Waals surface area contributed by atoms with Crippen LogP contribution in [0.25, 0.3) is 0 Å². The summed E-state index contributed by atoms with van der Waals surface area (Å²) in [5.41, 5.74) is 5.85. The highest BCUT2D eigenvalue weighted by Crippen LogP contribution is 2.39. The molecule has 7 nitrogen and oxygen atoms in total. The number of nitrogens with zero attached hydrogens (tertiary/aromatic N) is 4. The summed E-state index contributed by atoms with van der Waals surface area (Å²) >= 11 is 0. The molecule has 0 saturated carbocycles. The number of likely N-dealkylation sites (tertiary alicyclic amines) is 3. The molecule has 1 aromatic rings. The first-order chi connectivity index (χ1) is 15.1. The van der Waals surface area contributed by atoms with Gasteiger partial charge < -0.3 is 15.5 Å². The second-order valence-corrected chi connectivity index (χ2v) is 8.83. The van der Waals surface area contributed by atoms with E-state index in [4.69, 9.17) is 5.73 Å². The smallest absolute Gasteiger partial charge is 0.330 e. The molecule has 3 aliphatic heterocycles.